The number of nitrogens with zero attached hydrogens (tertiary/aromatic N) is 2. The van der Waals surface area contributed by atoms with E-state index in [0.29, 0.717) is 17.0 Å². The maximum absolute atomic E-state index is 10.8. The van der Waals surface area contributed by atoms with Crippen molar-refractivity contribution in [1.82, 2.24) is 0 Å². The molecule has 0 saturated carbocycles. The maximum Gasteiger partial charge on any atom is 0.183 e. The number of aliphatic hydroxyl groups excluding tert-OH is 1. The summed E-state index contributed by atoms with van der Waals surface area (Å²) >= 11 is 5.67. The van der Waals surface area contributed by atoms with Gasteiger partial charge in [-0.3, -0.25) is 4.79 Å². The third-order valence-electron chi connectivity index (χ3n) is 1.58. The SMILES string of the molecule is CC(=O)/C(=C/O)N=Nc1ccc(Cl)cc1. The lowest BCUT2D eigenvalue weighted by molar-refractivity contribution is -0.113. The molecule has 1 rings (SSSR count). The molecule has 0 bridgehead atoms. The first-order chi connectivity index (χ1) is 7.13. The van der Waals surface area contributed by atoms with Gasteiger partial charge in [0.2, 0.25) is 0 Å². The van der Waals surface area contributed by atoms with Gasteiger partial charge >= 0.3 is 0 Å². The highest BCUT2D eigenvalue weighted by Gasteiger charge is 2.00. The van der Waals surface area contributed by atoms with Crippen LogP contribution >= 0.6 is 11.6 Å². The standard InChI is InChI=1S/C10H9ClN2O2/c1-7(15)10(6-14)13-12-9-4-2-8(11)3-5-9/h2-6,14H,1H3/b10-6-,13-12?. The second kappa shape index (κ2) is 5.26. The van der Waals surface area contributed by atoms with Crippen LogP contribution in [-0.4, -0.2) is 10.9 Å². The Bertz CT molecular complexity index is 410. The van der Waals surface area contributed by atoms with Crippen molar-refractivity contribution in [3.63, 3.8) is 0 Å². The van der Waals surface area contributed by atoms with E-state index in [1.54, 1.807) is 24.3 Å². The molecule has 0 atom stereocenters. The lowest BCUT2D eigenvalue weighted by Gasteiger charge is -1.93. The minimum absolute atomic E-state index is 0.0926. The number of rotatable bonds is 3. The highest BCUT2D eigenvalue weighted by atomic mass is 35.5. The van der Waals surface area contributed by atoms with Crippen molar-refractivity contribution in [3.05, 3.63) is 41.2 Å². The van der Waals surface area contributed by atoms with Crippen molar-refractivity contribution >= 4 is 23.1 Å². The Morgan fingerprint density at radius 1 is 1.40 bits per heavy atom. The fourth-order valence-corrected chi connectivity index (χ4v) is 0.932. The van der Waals surface area contributed by atoms with Gasteiger partial charge < -0.3 is 5.11 Å². The molecule has 15 heavy (non-hydrogen) atoms. The van der Waals surface area contributed by atoms with Gasteiger partial charge in [0, 0.05) is 11.9 Å². The Hall–Kier alpha value is -1.68. The number of Topliss-reactive ketones (excluding diaryl/α,β-unsaturated/α-hetero) is 1. The molecule has 78 valence electrons. The molecular formula is C10H9ClN2O2. The fraction of sp³-hybridized carbons (Fsp3) is 0.100. The molecule has 1 aromatic carbocycles. The zero-order valence-electron chi connectivity index (χ0n) is 8.01. The van der Waals surface area contributed by atoms with Crippen LogP contribution in [0.2, 0.25) is 5.02 Å². The van der Waals surface area contributed by atoms with E-state index in [1.807, 2.05) is 0 Å². The van der Waals surface area contributed by atoms with Gasteiger partial charge in [0.15, 0.2) is 11.5 Å². The number of halogens is 1. The number of carbonyl (C=O) groups is 1. The number of aliphatic hydroxyl groups is 1. The first-order valence-corrected chi connectivity index (χ1v) is 4.54. The van der Waals surface area contributed by atoms with E-state index < -0.39 is 0 Å². The van der Waals surface area contributed by atoms with Crippen LogP contribution in [0.15, 0.2) is 46.5 Å². The number of allylic oxidation sites excluding steroid dienone is 1. The molecule has 0 spiro atoms. The Kier molecular flexibility index (Phi) is 4.00. The summed E-state index contributed by atoms with van der Waals surface area (Å²) in [6.45, 7) is 1.29. The molecule has 0 fully saturated rings. The number of azo groups is 1. The summed E-state index contributed by atoms with van der Waals surface area (Å²) in [6, 6.07) is 6.62. The number of carbonyl (C=O) groups excluding carboxylic acids is 1. The number of ketones is 1. The highest BCUT2D eigenvalue weighted by Crippen LogP contribution is 2.17. The summed E-state index contributed by atoms with van der Waals surface area (Å²) in [4.78, 5) is 10.8. The average molecular weight is 225 g/mol. The van der Waals surface area contributed by atoms with Crippen molar-refractivity contribution < 1.29 is 9.90 Å². The van der Waals surface area contributed by atoms with Gasteiger partial charge in [0.05, 0.1) is 5.69 Å². The lowest BCUT2D eigenvalue weighted by atomic mass is 10.3. The number of hydrogen-bond donors (Lipinski definition) is 1. The van der Waals surface area contributed by atoms with Crippen molar-refractivity contribution in [2.45, 2.75) is 6.92 Å². The van der Waals surface area contributed by atoms with Gasteiger partial charge in [0.25, 0.3) is 0 Å². The van der Waals surface area contributed by atoms with Crippen LogP contribution in [0.1, 0.15) is 6.92 Å². The zero-order valence-corrected chi connectivity index (χ0v) is 8.77. The van der Waals surface area contributed by atoms with Crippen LogP contribution in [0.3, 0.4) is 0 Å². The van der Waals surface area contributed by atoms with Crippen LogP contribution in [0.5, 0.6) is 0 Å². The van der Waals surface area contributed by atoms with Crippen LogP contribution in [0, 0.1) is 0 Å². The average Bonchev–Trinajstić information content (AvgIpc) is 2.21. The van der Waals surface area contributed by atoms with Gasteiger partial charge in [-0.2, -0.15) is 5.11 Å². The largest absolute Gasteiger partial charge is 0.513 e. The molecule has 0 heterocycles. The van der Waals surface area contributed by atoms with E-state index in [4.69, 9.17) is 16.7 Å². The molecule has 0 aliphatic rings. The summed E-state index contributed by atoms with van der Waals surface area (Å²) in [5.41, 5.74) is 0.463. The predicted octanol–water partition coefficient (Wildman–Crippen LogP) is 3.41. The van der Waals surface area contributed by atoms with Gasteiger partial charge in [-0.15, -0.1) is 5.11 Å². The third-order valence-corrected chi connectivity index (χ3v) is 1.83. The van der Waals surface area contributed by atoms with Crippen LogP contribution in [0.4, 0.5) is 5.69 Å². The van der Waals surface area contributed by atoms with Crippen molar-refractivity contribution in [3.8, 4) is 0 Å². The van der Waals surface area contributed by atoms with E-state index in [9.17, 15) is 4.79 Å². The van der Waals surface area contributed by atoms with Gasteiger partial charge in [-0.05, 0) is 24.3 Å². The zero-order chi connectivity index (χ0) is 11.3. The molecule has 0 aromatic heterocycles. The van der Waals surface area contributed by atoms with Crippen LogP contribution in [-0.2, 0) is 4.79 Å². The first-order valence-electron chi connectivity index (χ1n) is 4.16. The summed E-state index contributed by atoms with van der Waals surface area (Å²) in [7, 11) is 0. The molecule has 1 N–H and O–H groups in total. The van der Waals surface area contributed by atoms with E-state index in [0.717, 1.165) is 0 Å². The molecular weight excluding hydrogens is 216 g/mol. The topological polar surface area (TPSA) is 62.0 Å². The Morgan fingerprint density at radius 2 is 2.00 bits per heavy atom. The van der Waals surface area contributed by atoms with Crippen LogP contribution < -0.4 is 0 Å². The summed E-state index contributed by atoms with van der Waals surface area (Å²) in [6.07, 6.45) is 0.627. The highest BCUT2D eigenvalue weighted by molar-refractivity contribution is 6.30. The van der Waals surface area contributed by atoms with E-state index in [2.05, 4.69) is 10.2 Å². The molecule has 1 aromatic rings. The van der Waals surface area contributed by atoms with Crippen molar-refractivity contribution in [2.75, 3.05) is 0 Å². The molecule has 0 radical (unpaired) electrons. The first kappa shape index (κ1) is 11.4. The van der Waals surface area contributed by atoms with Crippen molar-refractivity contribution in [2.24, 2.45) is 10.2 Å². The van der Waals surface area contributed by atoms with E-state index >= 15 is 0 Å². The molecule has 5 heteroatoms. The monoisotopic (exact) mass is 224 g/mol. The normalized spacial score (nSPS) is 12.0. The second-order valence-corrected chi connectivity index (χ2v) is 3.18. The number of benzene rings is 1. The lowest BCUT2D eigenvalue weighted by Crippen LogP contribution is -1.91. The summed E-state index contributed by atoms with van der Waals surface area (Å²) in [5, 5.41) is 16.6. The summed E-state index contributed by atoms with van der Waals surface area (Å²) < 4.78 is 0. The maximum atomic E-state index is 10.8. The van der Waals surface area contributed by atoms with Gasteiger partial charge in [-0.25, -0.2) is 0 Å². The molecule has 0 amide bonds. The molecule has 0 unspecified atom stereocenters. The smallest absolute Gasteiger partial charge is 0.183 e. The van der Waals surface area contributed by atoms with Gasteiger partial charge in [-0.1, -0.05) is 11.6 Å². The summed E-state index contributed by atoms with van der Waals surface area (Å²) in [5.74, 6) is -0.352. The quantitative estimate of drug-likeness (QED) is 0.486. The minimum Gasteiger partial charge on any atom is -0.513 e. The minimum atomic E-state index is -0.352. The van der Waals surface area contributed by atoms with E-state index in [1.165, 1.54) is 6.92 Å². The van der Waals surface area contributed by atoms with Crippen molar-refractivity contribution in [1.29, 1.82) is 0 Å². The Morgan fingerprint density at radius 3 is 2.47 bits per heavy atom. The molecule has 4 nitrogen and oxygen atoms in total. The Balaban J connectivity index is 2.81. The predicted molar refractivity (Wildman–Crippen MR) is 57.4 cm³/mol. The Labute approximate surface area is 91.9 Å². The third kappa shape index (κ3) is 3.52. The van der Waals surface area contributed by atoms with E-state index in [-0.39, 0.29) is 11.5 Å². The van der Waals surface area contributed by atoms with Crippen LogP contribution in [0.25, 0.3) is 0 Å². The molecule has 0 saturated heterocycles. The second-order valence-electron chi connectivity index (χ2n) is 2.75. The molecule has 0 aliphatic heterocycles. The fourth-order valence-electron chi connectivity index (χ4n) is 0.806. The number of hydrogen-bond acceptors (Lipinski definition) is 4. The van der Waals surface area contributed by atoms with Gasteiger partial charge in [0.1, 0.15) is 6.26 Å². The molecule has 0 aliphatic carbocycles.